The number of aromatic nitrogens is 2. The summed E-state index contributed by atoms with van der Waals surface area (Å²) >= 11 is 5.90. The molecule has 6 heteroatoms. The van der Waals surface area contributed by atoms with Gasteiger partial charge in [0.2, 0.25) is 0 Å². The predicted octanol–water partition coefficient (Wildman–Crippen LogP) is 1.88. The topological polar surface area (TPSA) is 62.0 Å². The summed E-state index contributed by atoms with van der Waals surface area (Å²) in [6, 6.07) is 2.10. The first kappa shape index (κ1) is 12.5. The lowest BCUT2D eigenvalue weighted by molar-refractivity contribution is 0.410. The van der Waals surface area contributed by atoms with Crippen LogP contribution in [-0.2, 0) is 0 Å². The monoisotopic (exact) mass is 240 g/mol. The van der Waals surface area contributed by atoms with Gasteiger partial charge in [0.1, 0.15) is 6.33 Å². The SMILES string of the molecule is CCN(CCC#N)c1ncnc(Cl)c1OC. The Morgan fingerprint density at radius 1 is 1.56 bits per heavy atom. The van der Waals surface area contributed by atoms with Crippen LogP contribution in [-0.4, -0.2) is 30.2 Å². The van der Waals surface area contributed by atoms with Crippen LogP contribution >= 0.6 is 11.6 Å². The van der Waals surface area contributed by atoms with Crippen LogP contribution in [0.3, 0.4) is 0 Å². The summed E-state index contributed by atoms with van der Waals surface area (Å²) in [6.45, 7) is 3.30. The average Bonchev–Trinajstić information content (AvgIpc) is 2.30. The lowest BCUT2D eigenvalue weighted by atomic mass is 10.3. The maximum atomic E-state index is 8.57. The van der Waals surface area contributed by atoms with E-state index in [9.17, 15) is 0 Å². The van der Waals surface area contributed by atoms with E-state index in [1.165, 1.54) is 13.4 Å². The fourth-order valence-electron chi connectivity index (χ4n) is 1.34. The normalized spacial score (nSPS) is 9.62. The first-order valence-corrected chi connectivity index (χ1v) is 5.28. The molecule has 0 unspecified atom stereocenters. The van der Waals surface area contributed by atoms with Crippen molar-refractivity contribution in [2.75, 3.05) is 25.1 Å². The van der Waals surface area contributed by atoms with Gasteiger partial charge in [-0.3, -0.25) is 0 Å². The van der Waals surface area contributed by atoms with Crippen molar-refractivity contribution < 1.29 is 4.74 Å². The highest BCUT2D eigenvalue weighted by atomic mass is 35.5. The van der Waals surface area contributed by atoms with Crippen LogP contribution in [0.1, 0.15) is 13.3 Å². The van der Waals surface area contributed by atoms with Crippen LogP contribution in [0, 0.1) is 11.3 Å². The minimum atomic E-state index is 0.280. The second-order valence-corrected chi connectivity index (χ2v) is 3.37. The lowest BCUT2D eigenvalue weighted by Gasteiger charge is -2.22. The van der Waals surface area contributed by atoms with Crippen LogP contribution in [0.25, 0.3) is 0 Å². The van der Waals surface area contributed by atoms with Gasteiger partial charge in [-0.25, -0.2) is 9.97 Å². The van der Waals surface area contributed by atoms with Crippen molar-refractivity contribution in [2.24, 2.45) is 0 Å². The van der Waals surface area contributed by atoms with Crippen LogP contribution in [0.5, 0.6) is 5.75 Å². The average molecular weight is 241 g/mol. The molecule has 0 radical (unpaired) electrons. The fraction of sp³-hybridized carbons (Fsp3) is 0.500. The van der Waals surface area contributed by atoms with E-state index in [0.717, 1.165) is 6.54 Å². The first-order valence-electron chi connectivity index (χ1n) is 4.91. The Kier molecular flexibility index (Phi) is 4.80. The molecule has 16 heavy (non-hydrogen) atoms. The van der Waals surface area contributed by atoms with E-state index in [-0.39, 0.29) is 5.15 Å². The molecule has 0 aliphatic carbocycles. The van der Waals surface area contributed by atoms with Crippen molar-refractivity contribution in [1.29, 1.82) is 5.26 Å². The molecule has 0 aliphatic rings. The maximum absolute atomic E-state index is 8.57. The highest BCUT2D eigenvalue weighted by Gasteiger charge is 2.15. The zero-order valence-electron chi connectivity index (χ0n) is 9.27. The number of halogens is 1. The van der Waals surface area contributed by atoms with E-state index in [4.69, 9.17) is 21.6 Å². The van der Waals surface area contributed by atoms with E-state index < -0.39 is 0 Å². The molecule has 0 saturated carbocycles. The van der Waals surface area contributed by atoms with Gasteiger partial charge in [0.25, 0.3) is 0 Å². The number of rotatable bonds is 5. The maximum Gasteiger partial charge on any atom is 0.199 e. The van der Waals surface area contributed by atoms with Crippen LogP contribution in [0.4, 0.5) is 5.82 Å². The molecule has 1 rings (SSSR count). The quantitative estimate of drug-likeness (QED) is 0.736. The second kappa shape index (κ2) is 6.13. The van der Waals surface area contributed by atoms with Gasteiger partial charge >= 0.3 is 0 Å². The van der Waals surface area contributed by atoms with Gasteiger partial charge in [0.05, 0.1) is 19.6 Å². The van der Waals surface area contributed by atoms with Crippen LogP contribution in [0.2, 0.25) is 5.15 Å². The molecule has 0 aromatic carbocycles. The van der Waals surface area contributed by atoms with Gasteiger partial charge in [0, 0.05) is 13.1 Å². The largest absolute Gasteiger partial charge is 0.490 e. The molecule has 0 aliphatic heterocycles. The van der Waals surface area contributed by atoms with Crippen LogP contribution in [0.15, 0.2) is 6.33 Å². The van der Waals surface area contributed by atoms with Gasteiger partial charge in [-0.05, 0) is 6.92 Å². The molecule has 0 N–H and O–H groups in total. The molecule has 1 aromatic rings. The Morgan fingerprint density at radius 3 is 2.88 bits per heavy atom. The third-order valence-corrected chi connectivity index (χ3v) is 2.39. The van der Waals surface area contributed by atoms with Gasteiger partial charge in [-0.15, -0.1) is 0 Å². The number of nitriles is 1. The third kappa shape index (κ3) is 2.74. The molecule has 0 fully saturated rings. The number of hydrogen-bond acceptors (Lipinski definition) is 5. The number of hydrogen-bond donors (Lipinski definition) is 0. The van der Waals surface area contributed by atoms with Crippen molar-refractivity contribution in [3.8, 4) is 11.8 Å². The standard InChI is InChI=1S/C10H13ClN4O/c1-3-15(6-4-5-12)10-8(16-2)9(11)13-7-14-10/h7H,3-4,6H2,1-2H3. The molecule has 0 bridgehead atoms. The Bertz CT molecular complexity index is 391. The first-order chi connectivity index (χ1) is 7.74. The molecule has 5 nitrogen and oxygen atoms in total. The van der Waals surface area contributed by atoms with E-state index in [1.54, 1.807) is 0 Å². The van der Waals surface area contributed by atoms with Crippen molar-refractivity contribution in [1.82, 2.24) is 9.97 Å². The van der Waals surface area contributed by atoms with E-state index in [1.807, 2.05) is 11.8 Å². The number of nitrogens with zero attached hydrogens (tertiary/aromatic N) is 4. The van der Waals surface area contributed by atoms with Gasteiger partial charge in [-0.2, -0.15) is 5.26 Å². The van der Waals surface area contributed by atoms with Crippen molar-refractivity contribution in [2.45, 2.75) is 13.3 Å². The van der Waals surface area contributed by atoms with E-state index in [0.29, 0.717) is 24.5 Å². The molecular formula is C10H13ClN4O. The zero-order chi connectivity index (χ0) is 12.0. The molecule has 1 heterocycles. The fourth-order valence-corrected chi connectivity index (χ4v) is 1.55. The smallest absolute Gasteiger partial charge is 0.199 e. The summed E-state index contributed by atoms with van der Waals surface area (Å²) in [6.07, 6.45) is 1.81. The van der Waals surface area contributed by atoms with Gasteiger partial charge < -0.3 is 9.64 Å². The Hall–Kier alpha value is -1.54. The van der Waals surface area contributed by atoms with Crippen molar-refractivity contribution >= 4 is 17.4 Å². The van der Waals surface area contributed by atoms with Gasteiger partial charge in [0.15, 0.2) is 16.7 Å². The molecule has 0 amide bonds. The minimum absolute atomic E-state index is 0.280. The van der Waals surface area contributed by atoms with E-state index >= 15 is 0 Å². The van der Waals surface area contributed by atoms with Gasteiger partial charge in [-0.1, -0.05) is 11.6 Å². The second-order valence-electron chi connectivity index (χ2n) is 3.01. The molecule has 0 saturated heterocycles. The Morgan fingerprint density at radius 2 is 2.31 bits per heavy atom. The highest BCUT2D eigenvalue weighted by Crippen LogP contribution is 2.31. The molecular weight excluding hydrogens is 228 g/mol. The van der Waals surface area contributed by atoms with Crippen molar-refractivity contribution in [3.63, 3.8) is 0 Å². The summed E-state index contributed by atoms with van der Waals surface area (Å²) in [7, 11) is 1.52. The number of ether oxygens (including phenoxy) is 1. The van der Waals surface area contributed by atoms with E-state index in [2.05, 4.69) is 16.0 Å². The summed E-state index contributed by atoms with van der Waals surface area (Å²) in [5.74, 6) is 1.07. The Balaban J connectivity index is 3.00. The summed E-state index contributed by atoms with van der Waals surface area (Å²) < 4.78 is 5.16. The summed E-state index contributed by atoms with van der Waals surface area (Å²) in [5, 5.41) is 8.85. The van der Waals surface area contributed by atoms with Crippen molar-refractivity contribution in [3.05, 3.63) is 11.5 Å². The summed E-state index contributed by atoms with van der Waals surface area (Å²) in [4.78, 5) is 9.90. The third-order valence-electron chi connectivity index (χ3n) is 2.12. The predicted molar refractivity (Wildman–Crippen MR) is 61.7 cm³/mol. The molecule has 1 aromatic heterocycles. The zero-order valence-corrected chi connectivity index (χ0v) is 10.0. The lowest BCUT2D eigenvalue weighted by Crippen LogP contribution is -2.25. The minimum Gasteiger partial charge on any atom is -0.490 e. The Labute approximate surface area is 99.6 Å². The number of anilines is 1. The molecule has 86 valence electrons. The highest BCUT2D eigenvalue weighted by molar-refractivity contribution is 6.31. The molecule has 0 atom stereocenters. The van der Waals surface area contributed by atoms with Crippen LogP contribution < -0.4 is 9.64 Å². The molecule has 0 spiro atoms. The number of methoxy groups -OCH3 is 1. The summed E-state index contributed by atoms with van der Waals surface area (Å²) in [5.41, 5.74) is 0.